The number of fused-ring (bicyclic) bond motifs is 1. The molecule has 0 radical (unpaired) electrons. The molecule has 0 saturated heterocycles. The first kappa shape index (κ1) is 8.74. The number of nitrogens with zero attached hydrogens (tertiary/aromatic N) is 2. The van der Waals surface area contributed by atoms with Crippen molar-refractivity contribution < 1.29 is 4.74 Å². The summed E-state index contributed by atoms with van der Waals surface area (Å²) in [4.78, 5) is 11.9. The highest BCUT2D eigenvalue weighted by Crippen LogP contribution is 2.10. The Morgan fingerprint density at radius 1 is 1.43 bits per heavy atom. The van der Waals surface area contributed by atoms with Gasteiger partial charge in [0.15, 0.2) is 5.75 Å². The lowest BCUT2D eigenvalue weighted by atomic mass is 10.3. The molecule has 1 heterocycles. The maximum Gasteiger partial charge on any atom is 0.246 e. The summed E-state index contributed by atoms with van der Waals surface area (Å²) in [6.07, 6.45) is 1.66. The minimum atomic E-state index is -0.132. The third kappa shape index (κ3) is 1.16. The minimum Gasteiger partial charge on any atom is -0.493 e. The summed E-state index contributed by atoms with van der Waals surface area (Å²) in [5, 5.41) is 4.84. The van der Waals surface area contributed by atoms with Crippen molar-refractivity contribution in [3.8, 4) is 5.75 Å². The summed E-state index contributed by atoms with van der Waals surface area (Å²) >= 11 is 0. The molecular formula is C10H10N2O2. The van der Waals surface area contributed by atoms with Gasteiger partial charge < -0.3 is 4.74 Å². The molecule has 0 saturated carbocycles. The maximum atomic E-state index is 11.9. The van der Waals surface area contributed by atoms with E-state index in [0.29, 0.717) is 11.3 Å². The van der Waals surface area contributed by atoms with Gasteiger partial charge in [0.2, 0.25) is 5.43 Å². The van der Waals surface area contributed by atoms with Crippen molar-refractivity contribution >= 4 is 10.9 Å². The Morgan fingerprint density at radius 2 is 2.21 bits per heavy atom. The normalized spacial score (nSPS) is 10.4. The maximum absolute atomic E-state index is 11.9. The Balaban J connectivity index is 2.99. The van der Waals surface area contributed by atoms with Gasteiger partial charge >= 0.3 is 0 Å². The second-order valence-corrected chi connectivity index (χ2v) is 3.00. The molecule has 2 aromatic rings. The molecule has 0 atom stereocenters. The highest BCUT2D eigenvalue weighted by Gasteiger charge is 2.05. The minimum absolute atomic E-state index is 0.132. The van der Waals surface area contributed by atoms with E-state index in [4.69, 9.17) is 4.74 Å². The van der Waals surface area contributed by atoms with Crippen molar-refractivity contribution in [3.05, 3.63) is 34.6 Å². The molecule has 0 aliphatic heterocycles. The molecule has 72 valence electrons. The van der Waals surface area contributed by atoms with Crippen LogP contribution in [0.15, 0.2) is 29.2 Å². The first-order valence-corrected chi connectivity index (χ1v) is 4.23. The zero-order valence-corrected chi connectivity index (χ0v) is 8.02. The van der Waals surface area contributed by atoms with Crippen molar-refractivity contribution in [2.75, 3.05) is 7.11 Å². The van der Waals surface area contributed by atoms with Gasteiger partial charge in [-0.05, 0) is 6.07 Å². The molecule has 0 spiro atoms. The first-order chi connectivity index (χ1) is 6.74. The summed E-state index contributed by atoms with van der Waals surface area (Å²) in [5.74, 6) is 0.337. The molecule has 1 aromatic carbocycles. The summed E-state index contributed by atoms with van der Waals surface area (Å²) in [6.45, 7) is 0. The molecule has 14 heavy (non-hydrogen) atoms. The SMILES string of the molecule is COc1cccc2cnn(C)c2c1=O. The lowest BCUT2D eigenvalue weighted by molar-refractivity contribution is 0.411. The molecule has 0 bridgehead atoms. The largest absolute Gasteiger partial charge is 0.493 e. The summed E-state index contributed by atoms with van der Waals surface area (Å²) < 4.78 is 6.54. The Hall–Kier alpha value is -1.84. The summed E-state index contributed by atoms with van der Waals surface area (Å²) in [5.41, 5.74) is 0.430. The van der Waals surface area contributed by atoms with E-state index in [1.54, 1.807) is 30.1 Å². The highest BCUT2D eigenvalue weighted by atomic mass is 16.5. The van der Waals surface area contributed by atoms with E-state index in [0.717, 1.165) is 5.39 Å². The zero-order valence-electron chi connectivity index (χ0n) is 8.02. The van der Waals surface area contributed by atoms with Crippen LogP contribution in [-0.4, -0.2) is 16.9 Å². The van der Waals surface area contributed by atoms with Crippen molar-refractivity contribution in [1.82, 2.24) is 9.78 Å². The van der Waals surface area contributed by atoms with Crippen LogP contribution in [0.3, 0.4) is 0 Å². The predicted octanol–water partition coefficient (Wildman–Crippen LogP) is 0.942. The average Bonchev–Trinajstić information content (AvgIpc) is 2.45. The smallest absolute Gasteiger partial charge is 0.246 e. The van der Waals surface area contributed by atoms with Crippen LogP contribution in [0.4, 0.5) is 0 Å². The van der Waals surface area contributed by atoms with E-state index in [1.807, 2.05) is 6.07 Å². The lowest BCUT2D eigenvalue weighted by Crippen LogP contribution is -2.06. The average molecular weight is 190 g/mol. The van der Waals surface area contributed by atoms with Crippen LogP contribution in [0.2, 0.25) is 0 Å². The third-order valence-electron chi connectivity index (χ3n) is 2.15. The molecule has 0 fully saturated rings. The Morgan fingerprint density at radius 3 is 2.93 bits per heavy atom. The molecular weight excluding hydrogens is 180 g/mol. The highest BCUT2D eigenvalue weighted by molar-refractivity contribution is 5.78. The molecule has 0 N–H and O–H groups in total. The summed E-state index contributed by atoms with van der Waals surface area (Å²) in [7, 11) is 3.22. The Labute approximate surface area is 80.7 Å². The van der Waals surface area contributed by atoms with Crippen LogP contribution < -0.4 is 10.2 Å². The fourth-order valence-corrected chi connectivity index (χ4v) is 1.45. The van der Waals surface area contributed by atoms with Crippen LogP contribution >= 0.6 is 0 Å². The van der Waals surface area contributed by atoms with E-state index in [2.05, 4.69) is 5.10 Å². The fourth-order valence-electron chi connectivity index (χ4n) is 1.45. The number of hydrogen-bond donors (Lipinski definition) is 0. The first-order valence-electron chi connectivity index (χ1n) is 4.23. The Bertz CT molecular complexity index is 531. The van der Waals surface area contributed by atoms with Gasteiger partial charge in [0.25, 0.3) is 0 Å². The van der Waals surface area contributed by atoms with Crippen LogP contribution in [0.1, 0.15) is 0 Å². The molecule has 0 amide bonds. The van der Waals surface area contributed by atoms with E-state index >= 15 is 0 Å². The van der Waals surface area contributed by atoms with Crippen molar-refractivity contribution in [2.24, 2.45) is 7.05 Å². The third-order valence-corrected chi connectivity index (χ3v) is 2.15. The van der Waals surface area contributed by atoms with Gasteiger partial charge in [-0.1, -0.05) is 12.1 Å². The summed E-state index contributed by atoms with van der Waals surface area (Å²) in [6, 6.07) is 5.28. The number of aromatic nitrogens is 2. The Kier molecular flexibility index (Phi) is 1.96. The predicted molar refractivity (Wildman–Crippen MR) is 53.5 cm³/mol. The standard InChI is InChI=1S/C10H10N2O2/c1-12-9-7(6-11-12)4-3-5-8(14-2)10(9)13/h3-6H,1-2H3. The lowest BCUT2D eigenvalue weighted by Gasteiger charge is -1.93. The second-order valence-electron chi connectivity index (χ2n) is 3.00. The van der Waals surface area contributed by atoms with E-state index in [9.17, 15) is 4.79 Å². The van der Waals surface area contributed by atoms with E-state index < -0.39 is 0 Å². The number of methoxy groups -OCH3 is 1. The molecule has 4 nitrogen and oxygen atoms in total. The number of ether oxygens (including phenoxy) is 1. The molecule has 0 aliphatic rings. The van der Waals surface area contributed by atoms with Gasteiger partial charge in [0.05, 0.1) is 13.3 Å². The van der Waals surface area contributed by atoms with Crippen LogP contribution in [0, 0.1) is 0 Å². The van der Waals surface area contributed by atoms with Gasteiger partial charge in [-0.25, -0.2) is 0 Å². The van der Waals surface area contributed by atoms with Crippen LogP contribution in [-0.2, 0) is 7.05 Å². The van der Waals surface area contributed by atoms with E-state index in [1.165, 1.54) is 7.11 Å². The molecule has 2 rings (SSSR count). The zero-order chi connectivity index (χ0) is 10.1. The van der Waals surface area contributed by atoms with Gasteiger partial charge in [-0.2, -0.15) is 5.10 Å². The molecule has 1 aromatic heterocycles. The van der Waals surface area contributed by atoms with Crippen molar-refractivity contribution in [3.63, 3.8) is 0 Å². The van der Waals surface area contributed by atoms with Crippen LogP contribution in [0.25, 0.3) is 10.9 Å². The van der Waals surface area contributed by atoms with Gasteiger partial charge in [0, 0.05) is 12.4 Å². The second kappa shape index (κ2) is 3.14. The van der Waals surface area contributed by atoms with Crippen molar-refractivity contribution in [1.29, 1.82) is 0 Å². The van der Waals surface area contributed by atoms with Gasteiger partial charge in [0.1, 0.15) is 5.52 Å². The van der Waals surface area contributed by atoms with Crippen molar-refractivity contribution in [2.45, 2.75) is 0 Å². The van der Waals surface area contributed by atoms with Gasteiger partial charge in [-0.15, -0.1) is 0 Å². The fraction of sp³-hybridized carbons (Fsp3) is 0.200. The topological polar surface area (TPSA) is 44.1 Å². The van der Waals surface area contributed by atoms with Gasteiger partial charge in [-0.3, -0.25) is 9.48 Å². The molecule has 0 unspecified atom stereocenters. The number of aryl methyl sites for hydroxylation is 1. The monoisotopic (exact) mass is 190 g/mol. The van der Waals surface area contributed by atoms with Crippen LogP contribution in [0.5, 0.6) is 5.75 Å². The number of rotatable bonds is 1. The number of hydrogen-bond acceptors (Lipinski definition) is 3. The molecule has 4 heteroatoms. The quantitative estimate of drug-likeness (QED) is 0.672. The molecule has 0 aliphatic carbocycles. The van der Waals surface area contributed by atoms with E-state index in [-0.39, 0.29) is 5.43 Å².